The number of benzene rings is 1. The van der Waals surface area contributed by atoms with Gasteiger partial charge in [-0.3, -0.25) is 9.59 Å². The normalized spacial score (nSPS) is 25.8. The molecule has 0 unspecified atom stereocenters. The fourth-order valence-electron chi connectivity index (χ4n) is 3.62. The predicted octanol–water partition coefficient (Wildman–Crippen LogP) is 0.418. The van der Waals surface area contributed by atoms with Gasteiger partial charge in [-0.2, -0.15) is 4.31 Å². The van der Waals surface area contributed by atoms with Crippen LogP contribution in [0.15, 0.2) is 23.1 Å². The van der Waals surface area contributed by atoms with Crippen LogP contribution in [0.25, 0.3) is 0 Å². The van der Waals surface area contributed by atoms with Crippen LogP contribution in [0, 0.1) is 0 Å². The van der Waals surface area contributed by atoms with Gasteiger partial charge in [-0.1, -0.05) is 0 Å². The van der Waals surface area contributed by atoms with E-state index >= 15 is 0 Å². The lowest BCUT2D eigenvalue weighted by Crippen LogP contribution is -2.52. The largest absolute Gasteiger partial charge is 0.479 e. The van der Waals surface area contributed by atoms with E-state index in [4.69, 9.17) is 9.47 Å². The Hall–Kier alpha value is -2.17. The number of hydrogen-bond acceptors (Lipinski definition) is 6. The van der Waals surface area contributed by atoms with Gasteiger partial charge >= 0.3 is 0 Å². The molecule has 152 valence electrons. The highest BCUT2D eigenvalue weighted by Gasteiger charge is 2.34. The number of nitrogens with zero attached hydrogens (tertiary/aromatic N) is 2. The quantitative estimate of drug-likeness (QED) is 0.776. The van der Waals surface area contributed by atoms with Gasteiger partial charge < -0.3 is 19.7 Å². The number of amides is 2. The van der Waals surface area contributed by atoms with E-state index < -0.39 is 22.2 Å². The summed E-state index contributed by atoms with van der Waals surface area (Å²) in [4.78, 5) is 26.0. The highest BCUT2D eigenvalue weighted by Crippen LogP contribution is 2.33. The second-order valence-electron chi connectivity index (χ2n) is 7.14. The Morgan fingerprint density at radius 2 is 1.96 bits per heavy atom. The molecule has 3 aliphatic heterocycles. The van der Waals surface area contributed by atoms with E-state index in [0.717, 1.165) is 12.8 Å². The Kier molecular flexibility index (Phi) is 5.02. The second kappa shape index (κ2) is 7.34. The van der Waals surface area contributed by atoms with Crippen LogP contribution < -0.4 is 10.1 Å². The summed E-state index contributed by atoms with van der Waals surface area (Å²) in [7, 11) is -3.74. The molecule has 2 atom stereocenters. The van der Waals surface area contributed by atoms with Gasteiger partial charge in [0.1, 0.15) is 11.9 Å². The molecule has 0 spiro atoms. The highest BCUT2D eigenvalue weighted by atomic mass is 32.2. The highest BCUT2D eigenvalue weighted by molar-refractivity contribution is 7.89. The van der Waals surface area contributed by atoms with Crippen LogP contribution in [0.3, 0.4) is 0 Å². The Bertz CT molecular complexity index is 889. The number of piperazine rings is 1. The summed E-state index contributed by atoms with van der Waals surface area (Å²) in [5.74, 6) is 0.0682. The molecule has 2 amide bonds. The van der Waals surface area contributed by atoms with E-state index in [0.29, 0.717) is 31.1 Å². The number of nitrogens with one attached hydrogen (secondary N) is 1. The van der Waals surface area contributed by atoms with Crippen LogP contribution in [-0.2, 0) is 24.3 Å². The van der Waals surface area contributed by atoms with E-state index in [2.05, 4.69) is 5.32 Å². The average Bonchev–Trinajstić information content (AvgIpc) is 3.23. The molecular weight excluding hydrogens is 386 g/mol. The maximum Gasteiger partial charge on any atom is 0.265 e. The van der Waals surface area contributed by atoms with E-state index in [1.807, 2.05) is 0 Å². The number of carbonyl (C=O) groups is 2. The molecule has 0 aromatic heterocycles. The lowest BCUT2D eigenvalue weighted by atomic mass is 10.2. The van der Waals surface area contributed by atoms with Gasteiger partial charge in [0, 0.05) is 32.8 Å². The van der Waals surface area contributed by atoms with Gasteiger partial charge in [0.2, 0.25) is 10.0 Å². The number of ether oxygens (including phenoxy) is 2. The maximum atomic E-state index is 13.0. The molecule has 1 aromatic rings. The second-order valence-corrected chi connectivity index (χ2v) is 9.08. The van der Waals surface area contributed by atoms with Crippen LogP contribution in [0.1, 0.15) is 19.8 Å². The van der Waals surface area contributed by atoms with Crippen LogP contribution in [-0.4, -0.2) is 74.4 Å². The van der Waals surface area contributed by atoms with E-state index in [9.17, 15) is 18.0 Å². The predicted molar refractivity (Wildman–Crippen MR) is 99.5 cm³/mol. The van der Waals surface area contributed by atoms with Crippen LogP contribution in [0.2, 0.25) is 0 Å². The monoisotopic (exact) mass is 409 g/mol. The molecule has 3 aliphatic rings. The van der Waals surface area contributed by atoms with Crippen molar-refractivity contribution in [1.29, 1.82) is 0 Å². The molecule has 10 heteroatoms. The standard InChI is InChI=1S/C18H23N3O6S/c1-12-17(22)19-14-11-13(4-5-15(14)27-12)28(24,25)21-8-6-20(7-9-21)18(23)16-3-2-10-26-16/h4-5,11-12,16H,2-3,6-10H2,1H3,(H,19,22)/t12-,16+/m1/s1. The lowest BCUT2D eigenvalue weighted by molar-refractivity contribution is -0.142. The first-order chi connectivity index (χ1) is 13.4. The zero-order valence-electron chi connectivity index (χ0n) is 15.6. The summed E-state index contributed by atoms with van der Waals surface area (Å²) in [6, 6.07) is 4.44. The molecular formula is C18H23N3O6S. The van der Waals surface area contributed by atoms with Gasteiger partial charge in [-0.15, -0.1) is 0 Å². The van der Waals surface area contributed by atoms with Crippen LogP contribution in [0.4, 0.5) is 5.69 Å². The summed E-state index contributed by atoms with van der Waals surface area (Å²) < 4.78 is 38.3. The minimum absolute atomic E-state index is 0.0580. The number of sulfonamides is 1. The number of carbonyl (C=O) groups excluding carboxylic acids is 2. The molecule has 28 heavy (non-hydrogen) atoms. The fourth-order valence-corrected chi connectivity index (χ4v) is 5.07. The van der Waals surface area contributed by atoms with Crippen LogP contribution >= 0.6 is 0 Å². The SMILES string of the molecule is C[C@H]1Oc2ccc(S(=O)(=O)N3CCN(C(=O)[C@@H]4CCCO4)CC3)cc2NC1=O. The van der Waals surface area contributed by atoms with Gasteiger partial charge in [-0.05, 0) is 38.0 Å². The lowest BCUT2D eigenvalue weighted by Gasteiger charge is -2.35. The molecule has 1 N–H and O–H groups in total. The summed E-state index contributed by atoms with van der Waals surface area (Å²) in [6.45, 7) is 3.33. The van der Waals surface area contributed by atoms with Crippen molar-refractivity contribution in [3.8, 4) is 5.75 Å². The first-order valence-electron chi connectivity index (χ1n) is 9.38. The van der Waals surface area contributed by atoms with Crippen molar-refractivity contribution >= 4 is 27.5 Å². The van der Waals surface area contributed by atoms with E-state index in [-0.39, 0.29) is 29.8 Å². The molecule has 0 radical (unpaired) electrons. The first kappa shape index (κ1) is 19.2. The fraction of sp³-hybridized carbons (Fsp3) is 0.556. The van der Waals surface area contributed by atoms with Crippen molar-refractivity contribution in [3.05, 3.63) is 18.2 Å². The zero-order chi connectivity index (χ0) is 19.9. The minimum Gasteiger partial charge on any atom is -0.479 e. The number of rotatable bonds is 3. The Morgan fingerprint density at radius 1 is 1.21 bits per heavy atom. The topological polar surface area (TPSA) is 105 Å². The summed E-state index contributed by atoms with van der Waals surface area (Å²) >= 11 is 0. The van der Waals surface area contributed by atoms with Crippen molar-refractivity contribution < 1.29 is 27.5 Å². The molecule has 2 saturated heterocycles. The first-order valence-corrected chi connectivity index (χ1v) is 10.8. The van der Waals surface area contributed by atoms with Gasteiger partial charge in [0.15, 0.2) is 6.10 Å². The summed E-state index contributed by atoms with van der Waals surface area (Å²) in [6.07, 6.45) is 0.584. The molecule has 4 rings (SSSR count). The minimum atomic E-state index is -3.74. The van der Waals surface area contributed by atoms with Crippen molar-refractivity contribution in [3.63, 3.8) is 0 Å². The van der Waals surface area contributed by atoms with Gasteiger partial charge in [-0.25, -0.2) is 8.42 Å². The Labute approximate surface area is 163 Å². The maximum absolute atomic E-state index is 13.0. The van der Waals surface area contributed by atoms with Gasteiger partial charge in [0.25, 0.3) is 11.8 Å². The average molecular weight is 409 g/mol. The van der Waals surface area contributed by atoms with Crippen LogP contribution in [0.5, 0.6) is 5.75 Å². The molecule has 0 aliphatic carbocycles. The van der Waals surface area contributed by atoms with Crippen molar-refractivity contribution in [2.24, 2.45) is 0 Å². The molecule has 0 saturated carbocycles. The molecule has 9 nitrogen and oxygen atoms in total. The third-order valence-electron chi connectivity index (χ3n) is 5.28. The van der Waals surface area contributed by atoms with Crippen molar-refractivity contribution in [2.75, 3.05) is 38.1 Å². The van der Waals surface area contributed by atoms with E-state index in [1.54, 1.807) is 17.9 Å². The van der Waals surface area contributed by atoms with Gasteiger partial charge in [0.05, 0.1) is 10.6 Å². The number of hydrogen-bond donors (Lipinski definition) is 1. The third-order valence-corrected chi connectivity index (χ3v) is 7.17. The zero-order valence-corrected chi connectivity index (χ0v) is 16.4. The number of anilines is 1. The summed E-state index contributed by atoms with van der Waals surface area (Å²) in [5, 5.41) is 2.66. The molecule has 2 fully saturated rings. The summed E-state index contributed by atoms with van der Waals surface area (Å²) in [5.41, 5.74) is 0.344. The number of fused-ring (bicyclic) bond motifs is 1. The third kappa shape index (κ3) is 3.47. The molecule has 3 heterocycles. The van der Waals surface area contributed by atoms with Crippen molar-refractivity contribution in [1.82, 2.24) is 9.21 Å². The Balaban J connectivity index is 1.45. The molecule has 1 aromatic carbocycles. The molecule has 0 bridgehead atoms. The Morgan fingerprint density at radius 3 is 2.64 bits per heavy atom. The smallest absolute Gasteiger partial charge is 0.265 e. The van der Waals surface area contributed by atoms with E-state index in [1.165, 1.54) is 16.4 Å². The van der Waals surface area contributed by atoms with Crippen molar-refractivity contribution in [2.45, 2.75) is 36.9 Å².